The molecule has 2 heterocycles. The number of carbonyl (C=O) groups excluding carboxylic acids is 3. The topological polar surface area (TPSA) is 66.9 Å². The van der Waals surface area contributed by atoms with E-state index in [1.165, 1.54) is 32.6 Å². The summed E-state index contributed by atoms with van der Waals surface area (Å²) in [4.78, 5) is 39.3. The molecule has 0 spiro atoms. The molecule has 0 radical (unpaired) electrons. The van der Waals surface area contributed by atoms with Crippen LogP contribution in [0.5, 0.6) is 0 Å². The van der Waals surface area contributed by atoms with Crippen LogP contribution >= 0.6 is 11.8 Å². The largest absolute Gasteiger partial charge is 0.467 e. The number of nitrogens with zero attached hydrogens (tertiary/aromatic N) is 2. The maximum absolute atomic E-state index is 14.6. The number of hydrogen-bond acceptors (Lipinski definition) is 6. The molecule has 1 atom stereocenters. The zero-order chi connectivity index (χ0) is 19.6. The first-order valence-corrected chi connectivity index (χ1v) is 9.63. The van der Waals surface area contributed by atoms with Crippen molar-refractivity contribution in [3.05, 3.63) is 34.5 Å². The highest BCUT2D eigenvalue weighted by molar-refractivity contribution is 8.18. The Kier molecular flexibility index (Phi) is 5.84. The lowest BCUT2D eigenvalue weighted by molar-refractivity contribution is -0.148. The van der Waals surface area contributed by atoms with E-state index in [-0.39, 0.29) is 10.5 Å². The lowest BCUT2D eigenvalue weighted by Crippen LogP contribution is -2.42. The first-order chi connectivity index (χ1) is 12.9. The van der Waals surface area contributed by atoms with Crippen LogP contribution in [0.25, 0.3) is 6.08 Å². The summed E-state index contributed by atoms with van der Waals surface area (Å²) < 4.78 is 19.1. The molecule has 0 aliphatic carbocycles. The van der Waals surface area contributed by atoms with Crippen molar-refractivity contribution in [3.8, 4) is 0 Å². The minimum Gasteiger partial charge on any atom is -0.467 e. The third-order valence-corrected chi connectivity index (χ3v) is 5.63. The fourth-order valence-electron chi connectivity index (χ4n) is 3.21. The summed E-state index contributed by atoms with van der Waals surface area (Å²) in [5, 5.41) is -0.575. The number of amides is 2. The number of methoxy groups -OCH3 is 1. The van der Waals surface area contributed by atoms with Crippen molar-refractivity contribution >= 4 is 40.6 Å². The Hall–Kier alpha value is -2.35. The number of esters is 1. The SMILES string of the molecule is COC(=O)[C@H](C)N1C(=O)S/C(=C/c2ccc(N3CCCCC3)cc2F)C1=O. The van der Waals surface area contributed by atoms with Crippen LogP contribution in [-0.4, -0.2) is 48.3 Å². The van der Waals surface area contributed by atoms with Crippen LogP contribution in [0.2, 0.25) is 0 Å². The minimum atomic E-state index is -1.03. The second-order valence-corrected chi connectivity index (χ2v) is 7.50. The third-order valence-electron chi connectivity index (χ3n) is 4.74. The normalized spacial score (nSPS) is 20.3. The van der Waals surface area contributed by atoms with Gasteiger partial charge in [-0.05, 0) is 62.2 Å². The lowest BCUT2D eigenvalue weighted by atomic mass is 10.1. The van der Waals surface area contributed by atoms with Crippen LogP contribution in [0.4, 0.5) is 14.9 Å². The first kappa shape index (κ1) is 19.4. The van der Waals surface area contributed by atoms with E-state index in [0.29, 0.717) is 11.8 Å². The van der Waals surface area contributed by atoms with Crippen molar-refractivity contribution in [1.29, 1.82) is 0 Å². The van der Waals surface area contributed by atoms with Crippen molar-refractivity contribution in [3.63, 3.8) is 0 Å². The molecule has 8 heteroatoms. The predicted octanol–water partition coefficient (Wildman–Crippen LogP) is 3.41. The quantitative estimate of drug-likeness (QED) is 0.578. The van der Waals surface area contributed by atoms with Gasteiger partial charge in [-0.3, -0.25) is 14.5 Å². The van der Waals surface area contributed by atoms with Crippen molar-refractivity contribution in [1.82, 2.24) is 4.90 Å². The molecule has 1 aromatic carbocycles. The highest BCUT2D eigenvalue weighted by atomic mass is 32.2. The Labute approximate surface area is 161 Å². The lowest BCUT2D eigenvalue weighted by Gasteiger charge is -2.28. The van der Waals surface area contributed by atoms with Crippen molar-refractivity contribution in [2.45, 2.75) is 32.2 Å². The summed E-state index contributed by atoms with van der Waals surface area (Å²) in [5.74, 6) is -1.76. The van der Waals surface area contributed by atoms with Crippen LogP contribution in [0.1, 0.15) is 31.7 Å². The van der Waals surface area contributed by atoms with Crippen LogP contribution < -0.4 is 4.90 Å². The van der Waals surface area contributed by atoms with Gasteiger partial charge in [0.15, 0.2) is 0 Å². The Morgan fingerprint density at radius 3 is 2.59 bits per heavy atom. The molecule has 1 aromatic rings. The van der Waals surface area contributed by atoms with Crippen LogP contribution in [0.3, 0.4) is 0 Å². The number of rotatable bonds is 4. The molecule has 0 saturated carbocycles. The Bertz CT molecular complexity index is 805. The highest BCUT2D eigenvalue weighted by Crippen LogP contribution is 2.34. The maximum Gasteiger partial charge on any atom is 0.328 e. The standard InChI is InChI=1S/C19H21FN2O4S/c1-12(18(24)26-2)22-17(23)16(27-19(22)25)10-13-6-7-14(11-15(13)20)21-8-4-3-5-9-21/h6-7,10-12H,3-5,8-9H2,1-2H3/b16-10+/t12-/m0/s1. The van der Waals surface area contributed by atoms with E-state index in [4.69, 9.17) is 0 Å². The number of hydrogen-bond donors (Lipinski definition) is 0. The molecule has 6 nitrogen and oxygen atoms in total. The van der Waals surface area contributed by atoms with E-state index in [9.17, 15) is 18.8 Å². The monoisotopic (exact) mass is 392 g/mol. The van der Waals surface area contributed by atoms with Gasteiger partial charge in [-0.1, -0.05) is 0 Å². The van der Waals surface area contributed by atoms with Crippen LogP contribution in [-0.2, 0) is 14.3 Å². The molecule has 0 aromatic heterocycles. The summed E-state index contributed by atoms with van der Waals surface area (Å²) in [6.07, 6.45) is 4.73. The average Bonchev–Trinajstić information content (AvgIpc) is 2.96. The summed E-state index contributed by atoms with van der Waals surface area (Å²) in [6, 6.07) is 3.86. The van der Waals surface area contributed by atoms with Crippen LogP contribution in [0, 0.1) is 5.82 Å². The van der Waals surface area contributed by atoms with E-state index in [0.717, 1.165) is 36.5 Å². The summed E-state index contributed by atoms with van der Waals surface area (Å²) >= 11 is 0.688. The highest BCUT2D eigenvalue weighted by Gasteiger charge is 2.41. The van der Waals surface area contributed by atoms with Gasteiger partial charge < -0.3 is 9.64 Å². The molecule has 144 valence electrons. The number of thioether (sulfide) groups is 1. The maximum atomic E-state index is 14.6. The molecule has 0 N–H and O–H groups in total. The number of benzene rings is 1. The first-order valence-electron chi connectivity index (χ1n) is 8.81. The molecule has 2 aliphatic heterocycles. The van der Waals surface area contributed by atoms with Gasteiger partial charge in [-0.2, -0.15) is 0 Å². The Morgan fingerprint density at radius 2 is 1.96 bits per heavy atom. The fourth-order valence-corrected chi connectivity index (χ4v) is 4.11. The Morgan fingerprint density at radius 1 is 1.26 bits per heavy atom. The number of piperidine rings is 1. The molecule has 2 fully saturated rings. The van der Waals surface area contributed by atoms with E-state index < -0.39 is 29.0 Å². The average molecular weight is 392 g/mol. The van der Waals surface area contributed by atoms with Crippen LogP contribution in [0.15, 0.2) is 23.1 Å². The van der Waals surface area contributed by atoms with Gasteiger partial charge in [0.05, 0.1) is 12.0 Å². The summed E-state index contributed by atoms with van der Waals surface area (Å²) in [7, 11) is 1.19. The molecule has 2 aliphatic rings. The minimum absolute atomic E-state index is 0.0837. The second kappa shape index (κ2) is 8.12. The van der Waals surface area contributed by atoms with Gasteiger partial charge >= 0.3 is 5.97 Å². The molecular weight excluding hydrogens is 371 g/mol. The molecule has 27 heavy (non-hydrogen) atoms. The third kappa shape index (κ3) is 4.00. The van der Waals surface area contributed by atoms with E-state index in [2.05, 4.69) is 9.64 Å². The van der Waals surface area contributed by atoms with E-state index in [1.807, 2.05) is 6.07 Å². The second-order valence-electron chi connectivity index (χ2n) is 6.50. The number of ether oxygens (including phenoxy) is 1. The van der Waals surface area contributed by atoms with Gasteiger partial charge in [0.25, 0.3) is 11.1 Å². The van der Waals surface area contributed by atoms with E-state index >= 15 is 0 Å². The fraction of sp³-hybridized carbons (Fsp3) is 0.421. The molecule has 0 unspecified atom stereocenters. The molecule has 0 bridgehead atoms. The predicted molar refractivity (Wildman–Crippen MR) is 102 cm³/mol. The number of imide groups is 1. The molecular formula is C19H21FN2O4S. The molecule has 2 saturated heterocycles. The smallest absolute Gasteiger partial charge is 0.328 e. The number of anilines is 1. The zero-order valence-electron chi connectivity index (χ0n) is 15.2. The van der Waals surface area contributed by atoms with Gasteiger partial charge in [-0.15, -0.1) is 0 Å². The van der Waals surface area contributed by atoms with Crippen molar-refractivity contribution < 1.29 is 23.5 Å². The van der Waals surface area contributed by atoms with Gasteiger partial charge in [0, 0.05) is 24.3 Å². The van der Waals surface area contributed by atoms with Gasteiger partial charge in [0.2, 0.25) is 0 Å². The summed E-state index contributed by atoms with van der Waals surface area (Å²) in [5.41, 5.74) is 1.05. The zero-order valence-corrected chi connectivity index (χ0v) is 16.1. The molecule has 2 amide bonds. The van der Waals surface area contributed by atoms with Gasteiger partial charge in [0.1, 0.15) is 11.9 Å². The van der Waals surface area contributed by atoms with Crippen molar-refractivity contribution in [2.75, 3.05) is 25.1 Å². The van der Waals surface area contributed by atoms with E-state index in [1.54, 1.807) is 6.07 Å². The van der Waals surface area contributed by atoms with Gasteiger partial charge in [-0.25, -0.2) is 9.18 Å². The number of carbonyl (C=O) groups is 3. The van der Waals surface area contributed by atoms with Crippen molar-refractivity contribution in [2.24, 2.45) is 0 Å². The molecule has 3 rings (SSSR count). The summed E-state index contributed by atoms with van der Waals surface area (Å²) in [6.45, 7) is 3.23. The Balaban J connectivity index is 1.81. The number of halogens is 1.